The molecule has 20 heavy (non-hydrogen) atoms. The molecule has 4 heteroatoms. The van der Waals surface area contributed by atoms with E-state index in [9.17, 15) is 9.59 Å². The van der Waals surface area contributed by atoms with E-state index in [1.165, 1.54) is 7.11 Å². The summed E-state index contributed by atoms with van der Waals surface area (Å²) in [7, 11) is 1.30. The van der Waals surface area contributed by atoms with Crippen LogP contribution >= 0.6 is 0 Å². The monoisotopic (exact) mass is 271 g/mol. The molecule has 0 spiro atoms. The zero-order chi connectivity index (χ0) is 14.5. The Kier molecular flexibility index (Phi) is 4.35. The summed E-state index contributed by atoms with van der Waals surface area (Å²) in [5, 5.41) is 4.85. The van der Waals surface area contributed by atoms with E-state index in [0.29, 0.717) is 0 Å². The predicted octanol–water partition coefficient (Wildman–Crippen LogP) is 2.06. The molecule has 2 aromatic carbocycles. The van der Waals surface area contributed by atoms with Crippen LogP contribution in [0.3, 0.4) is 0 Å². The number of hydrogen-bond donors (Lipinski definition) is 1. The lowest BCUT2D eigenvalue weighted by atomic mass is 10.0. The smallest absolute Gasteiger partial charge is 0.328 e. The summed E-state index contributed by atoms with van der Waals surface area (Å²) >= 11 is 0. The predicted molar refractivity (Wildman–Crippen MR) is 77.3 cm³/mol. The summed E-state index contributed by atoms with van der Waals surface area (Å²) in [6, 6.07) is 13.2. The van der Waals surface area contributed by atoms with Gasteiger partial charge in [0.25, 0.3) is 0 Å². The first-order valence-corrected chi connectivity index (χ1v) is 6.45. The average molecular weight is 271 g/mol. The normalized spacial score (nSPS) is 11.9. The summed E-state index contributed by atoms with van der Waals surface area (Å²) in [6.07, 6.45) is 0.242. The second kappa shape index (κ2) is 6.19. The molecule has 0 fully saturated rings. The van der Waals surface area contributed by atoms with Gasteiger partial charge >= 0.3 is 5.97 Å². The maximum absolute atomic E-state index is 11.9. The van der Waals surface area contributed by atoms with Crippen LogP contribution in [0.2, 0.25) is 0 Å². The van der Waals surface area contributed by atoms with Gasteiger partial charge in [-0.15, -0.1) is 0 Å². The van der Waals surface area contributed by atoms with Crippen molar-refractivity contribution in [3.63, 3.8) is 0 Å². The molecule has 0 aliphatic rings. The number of nitrogens with one attached hydrogen (secondary N) is 1. The second-order valence-electron chi connectivity index (χ2n) is 4.67. The van der Waals surface area contributed by atoms with Gasteiger partial charge in [0.05, 0.1) is 13.5 Å². The Morgan fingerprint density at radius 2 is 1.85 bits per heavy atom. The highest BCUT2D eigenvalue weighted by atomic mass is 16.5. The Balaban J connectivity index is 2.04. The van der Waals surface area contributed by atoms with Gasteiger partial charge in [0.1, 0.15) is 6.04 Å². The molecule has 0 radical (unpaired) electrons. The Morgan fingerprint density at radius 1 is 1.15 bits per heavy atom. The lowest BCUT2D eigenvalue weighted by Crippen LogP contribution is -2.39. The number of carbonyl (C=O) groups is 2. The van der Waals surface area contributed by atoms with Crippen molar-refractivity contribution in [3.8, 4) is 0 Å². The van der Waals surface area contributed by atoms with Crippen molar-refractivity contribution in [3.05, 3.63) is 48.0 Å². The molecule has 0 aliphatic heterocycles. The van der Waals surface area contributed by atoms with Crippen molar-refractivity contribution in [2.75, 3.05) is 7.11 Å². The molecule has 1 amide bonds. The van der Waals surface area contributed by atoms with E-state index in [2.05, 4.69) is 10.1 Å². The molecule has 1 N–H and O–H groups in total. The van der Waals surface area contributed by atoms with E-state index in [4.69, 9.17) is 0 Å². The average Bonchev–Trinajstić information content (AvgIpc) is 2.46. The topological polar surface area (TPSA) is 55.4 Å². The fraction of sp³-hybridized carbons (Fsp3) is 0.250. The van der Waals surface area contributed by atoms with Crippen LogP contribution in [0.15, 0.2) is 42.5 Å². The van der Waals surface area contributed by atoms with Gasteiger partial charge < -0.3 is 10.1 Å². The summed E-state index contributed by atoms with van der Waals surface area (Å²) in [5.74, 6) is -0.643. The van der Waals surface area contributed by atoms with Gasteiger partial charge in [-0.25, -0.2) is 4.79 Å². The standard InChI is InChI=1S/C16H17NO3/c1-11(16(19)20-2)17-15(18)10-12-7-8-13-5-3-4-6-14(13)9-12/h3-9,11H,10H2,1-2H3,(H,17,18)/t11-/m0/s1. The van der Waals surface area contributed by atoms with Crippen molar-refractivity contribution in [1.29, 1.82) is 0 Å². The molecule has 0 saturated heterocycles. The Hall–Kier alpha value is -2.36. The molecule has 2 aromatic rings. The number of methoxy groups -OCH3 is 1. The van der Waals surface area contributed by atoms with E-state index < -0.39 is 12.0 Å². The minimum atomic E-state index is -0.632. The number of rotatable bonds is 4. The molecule has 0 unspecified atom stereocenters. The van der Waals surface area contributed by atoms with Crippen LogP contribution < -0.4 is 5.32 Å². The fourth-order valence-electron chi connectivity index (χ4n) is 2.06. The van der Waals surface area contributed by atoms with E-state index in [-0.39, 0.29) is 12.3 Å². The fourth-order valence-corrected chi connectivity index (χ4v) is 2.06. The van der Waals surface area contributed by atoms with Crippen LogP contribution in [0, 0.1) is 0 Å². The maximum Gasteiger partial charge on any atom is 0.328 e. The highest BCUT2D eigenvalue weighted by Crippen LogP contribution is 2.15. The van der Waals surface area contributed by atoms with Gasteiger partial charge in [-0.1, -0.05) is 42.5 Å². The number of fused-ring (bicyclic) bond motifs is 1. The number of benzene rings is 2. The van der Waals surface area contributed by atoms with Crippen LogP contribution in [0.5, 0.6) is 0 Å². The highest BCUT2D eigenvalue weighted by molar-refractivity contribution is 5.87. The molecule has 0 aromatic heterocycles. The van der Waals surface area contributed by atoms with Crippen LogP contribution in [0.25, 0.3) is 10.8 Å². The Morgan fingerprint density at radius 3 is 2.55 bits per heavy atom. The van der Waals surface area contributed by atoms with Crippen LogP contribution in [0.1, 0.15) is 12.5 Å². The van der Waals surface area contributed by atoms with Crippen molar-refractivity contribution in [2.24, 2.45) is 0 Å². The summed E-state index contributed by atoms with van der Waals surface area (Å²) in [6.45, 7) is 1.60. The lowest BCUT2D eigenvalue weighted by molar-refractivity contribution is -0.144. The minimum Gasteiger partial charge on any atom is -0.467 e. The third-order valence-electron chi connectivity index (χ3n) is 3.11. The Bertz CT molecular complexity index is 636. The molecule has 0 heterocycles. The van der Waals surface area contributed by atoms with Crippen LogP contribution in [-0.2, 0) is 20.7 Å². The first kappa shape index (κ1) is 14.1. The third-order valence-corrected chi connectivity index (χ3v) is 3.11. The van der Waals surface area contributed by atoms with E-state index in [0.717, 1.165) is 16.3 Å². The molecular weight excluding hydrogens is 254 g/mol. The zero-order valence-electron chi connectivity index (χ0n) is 11.6. The Labute approximate surface area is 117 Å². The van der Waals surface area contributed by atoms with Crippen LogP contribution in [0.4, 0.5) is 0 Å². The minimum absolute atomic E-state index is 0.196. The molecule has 0 saturated carbocycles. The molecular formula is C16H17NO3. The zero-order valence-corrected chi connectivity index (χ0v) is 11.6. The summed E-state index contributed by atoms with van der Waals surface area (Å²) in [5.41, 5.74) is 0.915. The van der Waals surface area contributed by atoms with Gasteiger partial charge in [0.15, 0.2) is 0 Å². The first-order valence-electron chi connectivity index (χ1n) is 6.45. The molecule has 4 nitrogen and oxygen atoms in total. The number of hydrogen-bond acceptors (Lipinski definition) is 3. The second-order valence-corrected chi connectivity index (χ2v) is 4.67. The maximum atomic E-state index is 11.9. The molecule has 104 valence electrons. The number of amides is 1. The third kappa shape index (κ3) is 3.35. The number of carbonyl (C=O) groups excluding carboxylic acids is 2. The van der Waals surface area contributed by atoms with Gasteiger partial charge in [-0.05, 0) is 23.3 Å². The molecule has 0 bridgehead atoms. The lowest BCUT2D eigenvalue weighted by Gasteiger charge is -2.11. The SMILES string of the molecule is COC(=O)[C@H](C)NC(=O)Cc1ccc2ccccc2c1. The largest absolute Gasteiger partial charge is 0.467 e. The van der Waals surface area contributed by atoms with Crippen molar-refractivity contribution >= 4 is 22.6 Å². The number of ether oxygens (including phenoxy) is 1. The van der Waals surface area contributed by atoms with E-state index in [1.54, 1.807) is 6.92 Å². The van der Waals surface area contributed by atoms with E-state index in [1.807, 2.05) is 42.5 Å². The van der Waals surface area contributed by atoms with Crippen molar-refractivity contribution < 1.29 is 14.3 Å². The van der Waals surface area contributed by atoms with E-state index >= 15 is 0 Å². The molecule has 2 rings (SSSR count). The highest BCUT2D eigenvalue weighted by Gasteiger charge is 2.15. The van der Waals surface area contributed by atoms with Crippen molar-refractivity contribution in [1.82, 2.24) is 5.32 Å². The van der Waals surface area contributed by atoms with Gasteiger partial charge in [-0.2, -0.15) is 0 Å². The molecule has 0 aliphatic carbocycles. The van der Waals surface area contributed by atoms with Crippen LogP contribution in [-0.4, -0.2) is 25.0 Å². The summed E-state index contributed by atoms with van der Waals surface area (Å²) in [4.78, 5) is 23.1. The number of esters is 1. The van der Waals surface area contributed by atoms with Gasteiger partial charge in [0.2, 0.25) is 5.91 Å². The van der Waals surface area contributed by atoms with Gasteiger partial charge in [-0.3, -0.25) is 4.79 Å². The van der Waals surface area contributed by atoms with Crippen molar-refractivity contribution in [2.45, 2.75) is 19.4 Å². The first-order chi connectivity index (χ1) is 9.60. The quantitative estimate of drug-likeness (QED) is 0.866. The summed E-state index contributed by atoms with van der Waals surface area (Å²) < 4.78 is 4.57. The van der Waals surface area contributed by atoms with Gasteiger partial charge in [0, 0.05) is 0 Å². The molecule has 1 atom stereocenters.